The fourth-order valence-corrected chi connectivity index (χ4v) is 5.88. The van der Waals surface area contributed by atoms with Crippen LogP contribution in [0.4, 0.5) is 4.79 Å². The molecule has 2 unspecified atom stereocenters. The van der Waals surface area contributed by atoms with Gasteiger partial charge < -0.3 is 10.2 Å². The van der Waals surface area contributed by atoms with Crippen LogP contribution in [-0.4, -0.2) is 43.5 Å². The second kappa shape index (κ2) is 11.9. The van der Waals surface area contributed by atoms with Crippen LogP contribution in [0.3, 0.4) is 0 Å². The van der Waals surface area contributed by atoms with Gasteiger partial charge in [-0.15, -0.1) is 0 Å². The van der Waals surface area contributed by atoms with Gasteiger partial charge in [-0.2, -0.15) is 10.6 Å². The Kier molecular flexibility index (Phi) is 7.74. The predicted octanol–water partition coefficient (Wildman–Crippen LogP) is 5.61. The van der Waals surface area contributed by atoms with Crippen LogP contribution in [0.25, 0.3) is 0 Å². The lowest BCUT2D eigenvalue weighted by atomic mass is 9.77. The molecule has 5 aromatic rings. The molecule has 1 aromatic heterocycles. The van der Waals surface area contributed by atoms with Gasteiger partial charge in [0.25, 0.3) is 0 Å². The molecule has 0 spiro atoms. The molecular weight excluding hydrogens is 544 g/mol. The highest BCUT2D eigenvalue weighted by Crippen LogP contribution is 2.43. The Bertz CT molecular complexity index is 1600. The van der Waals surface area contributed by atoms with Crippen molar-refractivity contribution in [1.82, 2.24) is 20.2 Å². The molecule has 2 atom stereocenters. The van der Waals surface area contributed by atoms with Crippen molar-refractivity contribution in [2.75, 3.05) is 6.54 Å². The average Bonchev–Trinajstić information content (AvgIpc) is 3.48. The van der Waals surface area contributed by atoms with E-state index in [1.807, 2.05) is 128 Å². The van der Waals surface area contributed by atoms with E-state index in [9.17, 15) is 19.8 Å². The number of fused-ring (bicyclic) bond motifs is 1. The second-order valence-corrected chi connectivity index (χ2v) is 10.3. The van der Waals surface area contributed by atoms with Crippen LogP contribution in [0.1, 0.15) is 45.6 Å². The van der Waals surface area contributed by atoms with Crippen LogP contribution in [0, 0.1) is 0 Å². The van der Waals surface area contributed by atoms with E-state index in [-0.39, 0.29) is 18.8 Å². The van der Waals surface area contributed by atoms with E-state index in [1.165, 1.54) is 0 Å². The molecule has 9 nitrogen and oxygen atoms in total. The molecule has 4 aromatic carbocycles. The molecular formula is C34H30N4O5. The molecule has 2 heterocycles. The third-order valence-electron chi connectivity index (χ3n) is 7.80. The zero-order valence-corrected chi connectivity index (χ0v) is 23.2. The van der Waals surface area contributed by atoms with Crippen molar-refractivity contribution in [3.05, 3.63) is 161 Å². The maximum Gasteiger partial charge on any atom is 0.408 e. The van der Waals surface area contributed by atoms with Crippen molar-refractivity contribution in [3.8, 4) is 0 Å². The van der Waals surface area contributed by atoms with Gasteiger partial charge in [-0.25, -0.2) is 9.59 Å². The molecule has 9 heteroatoms. The van der Waals surface area contributed by atoms with E-state index in [0.29, 0.717) is 5.56 Å². The molecule has 0 aliphatic carbocycles. The Morgan fingerprint density at radius 1 is 0.791 bits per heavy atom. The first-order chi connectivity index (χ1) is 21.0. The fourth-order valence-electron chi connectivity index (χ4n) is 5.88. The zero-order chi connectivity index (χ0) is 29.8. The molecule has 3 N–H and O–H groups in total. The van der Waals surface area contributed by atoms with Crippen molar-refractivity contribution in [3.63, 3.8) is 0 Å². The van der Waals surface area contributed by atoms with Crippen molar-refractivity contribution in [2.45, 2.75) is 24.2 Å². The Balaban J connectivity index is 1.55. The van der Waals surface area contributed by atoms with Crippen LogP contribution in [0.5, 0.6) is 0 Å². The minimum absolute atomic E-state index is 0.133. The minimum atomic E-state index is -1.50. The highest BCUT2D eigenvalue weighted by atomic mass is 16.6. The van der Waals surface area contributed by atoms with Crippen LogP contribution in [0.15, 0.2) is 128 Å². The highest BCUT2D eigenvalue weighted by molar-refractivity contribution is 5.81. The van der Waals surface area contributed by atoms with E-state index in [0.717, 1.165) is 27.2 Å². The summed E-state index contributed by atoms with van der Waals surface area (Å²) < 4.78 is 1.77. The van der Waals surface area contributed by atoms with Gasteiger partial charge >= 0.3 is 12.1 Å². The molecule has 6 rings (SSSR count). The Hall–Kier alpha value is -5.25. The van der Waals surface area contributed by atoms with Gasteiger partial charge in [-0.05, 0) is 22.3 Å². The molecule has 1 aliphatic heterocycles. The molecule has 0 fully saturated rings. The Morgan fingerprint density at radius 2 is 1.28 bits per heavy atom. The summed E-state index contributed by atoms with van der Waals surface area (Å²) in [5.41, 5.74) is 6.31. The lowest BCUT2D eigenvalue weighted by Crippen LogP contribution is -2.47. The zero-order valence-electron chi connectivity index (χ0n) is 23.2. The summed E-state index contributed by atoms with van der Waals surface area (Å²) >= 11 is 0. The number of carboxylic acids is 1. The van der Waals surface area contributed by atoms with Crippen LogP contribution in [0.2, 0.25) is 0 Å². The maximum absolute atomic E-state index is 12.6. The Labute approximate surface area is 248 Å². The third-order valence-corrected chi connectivity index (χ3v) is 7.80. The summed E-state index contributed by atoms with van der Waals surface area (Å²) in [4.78, 5) is 31.7. The van der Waals surface area contributed by atoms with Gasteiger partial charge in [0.15, 0.2) is 6.04 Å². The normalized spacial score (nSPS) is 16.4. The number of carbonyl (C=O) groups is 2. The van der Waals surface area contributed by atoms with Gasteiger partial charge in [-0.1, -0.05) is 121 Å². The van der Waals surface area contributed by atoms with Crippen LogP contribution >= 0.6 is 0 Å². The molecule has 0 saturated carbocycles. The van der Waals surface area contributed by atoms with Crippen molar-refractivity contribution in [1.29, 1.82) is 0 Å². The minimum Gasteiger partial charge on any atom is -0.479 e. The van der Waals surface area contributed by atoms with Crippen molar-refractivity contribution in [2.24, 2.45) is 0 Å². The summed E-state index contributed by atoms with van der Waals surface area (Å²) in [5.74, 6) is -1.30. The van der Waals surface area contributed by atoms with E-state index < -0.39 is 29.7 Å². The molecule has 0 bridgehead atoms. The number of rotatable bonds is 9. The number of benzene rings is 4. The van der Waals surface area contributed by atoms with Gasteiger partial charge in [-0.3, -0.25) is 14.4 Å². The molecule has 216 valence electrons. The van der Waals surface area contributed by atoms with Gasteiger partial charge in [0.2, 0.25) is 0 Å². The molecule has 0 radical (unpaired) electrons. The number of hydroxylamine groups is 1. The van der Waals surface area contributed by atoms with Crippen molar-refractivity contribution >= 4 is 12.1 Å². The summed E-state index contributed by atoms with van der Waals surface area (Å²) in [7, 11) is 0. The molecule has 0 saturated heterocycles. The highest BCUT2D eigenvalue weighted by Gasteiger charge is 2.46. The first-order valence-electron chi connectivity index (χ1n) is 13.9. The quantitative estimate of drug-likeness (QED) is 0.155. The smallest absolute Gasteiger partial charge is 0.408 e. The topological polar surface area (TPSA) is 117 Å². The van der Waals surface area contributed by atoms with Gasteiger partial charge in [0.1, 0.15) is 11.2 Å². The van der Waals surface area contributed by atoms with Gasteiger partial charge in [0.05, 0.1) is 12.6 Å². The SMILES string of the molecule is O=C(O)C1c2nn(C(c3ccccc3)(c3ccccc3)c3ccccc3)cc2C(NOCc2ccccc2)CN1C(=O)O. The fraction of sp³-hybridized carbons (Fsp3) is 0.147. The third kappa shape index (κ3) is 5.16. The number of hydrogen-bond donors (Lipinski definition) is 3. The van der Waals surface area contributed by atoms with E-state index in [1.54, 1.807) is 4.68 Å². The lowest BCUT2D eigenvalue weighted by molar-refractivity contribution is -0.144. The van der Waals surface area contributed by atoms with Crippen LogP contribution in [-0.2, 0) is 21.8 Å². The number of aliphatic carboxylic acids is 1. The lowest BCUT2D eigenvalue weighted by Gasteiger charge is -2.36. The molecule has 1 amide bonds. The van der Waals surface area contributed by atoms with Crippen LogP contribution < -0.4 is 5.48 Å². The second-order valence-electron chi connectivity index (χ2n) is 10.3. The molecule has 43 heavy (non-hydrogen) atoms. The number of carboxylic acid groups (broad SMARTS) is 2. The predicted molar refractivity (Wildman–Crippen MR) is 159 cm³/mol. The summed E-state index contributed by atoms with van der Waals surface area (Å²) in [6.07, 6.45) is 0.462. The standard InChI is InChI=1S/C34H30N4O5/c39-32(40)31-30-28(29(22-37(31)33(41)42)36-43-23-24-13-5-1-6-14-24)21-38(35-30)34(25-15-7-2-8-16-25,26-17-9-3-10-18-26)27-19-11-4-12-20-27/h1-21,29,31,36H,22-23H2,(H,39,40)(H,41,42). The summed E-state index contributed by atoms with van der Waals surface area (Å²) in [6.45, 7) is 0.0903. The Morgan fingerprint density at radius 3 is 1.74 bits per heavy atom. The van der Waals surface area contributed by atoms with E-state index in [4.69, 9.17) is 9.94 Å². The summed E-state index contributed by atoms with van der Waals surface area (Å²) in [5, 5.41) is 25.3. The monoisotopic (exact) mass is 574 g/mol. The maximum atomic E-state index is 12.6. The number of nitrogens with zero attached hydrogens (tertiary/aromatic N) is 3. The summed E-state index contributed by atoms with van der Waals surface area (Å²) in [6, 6.07) is 37.0. The number of nitrogens with one attached hydrogen (secondary N) is 1. The molecule has 1 aliphatic rings. The van der Waals surface area contributed by atoms with Crippen molar-refractivity contribution < 1.29 is 24.6 Å². The van der Waals surface area contributed by atoms with E-state index >= 15 is 0 Å². The first kappa shape index (κ1) is 27.9. The van der Waals surface area contributed by atoms with E-state index in [2.05, 4.69) is 5.48 Å². The number of hydrogen-bond acceptors (Lipinski definition) is 5. The first-order valence-corrected chi connectivity index (χ1v) is 13.9. The van der Waals surface area contributed by atoms with Gasteiger partial charge in [0, 0.05) is 18.3 Å². The average molecular weight is 575 g/mol. The largest absolute Gasteiger partial charge is 0.479 e. The number of amides is 1. The number of aromatic nitrogens is 2.